The lowest BCUT2D eigenvalue weighted by Crippen LogP contribution is -2.31. The normalized spacial score (nSPS) is 13.3. The summed E-state index contributed by atoms with van der Waals surface area (Å²) in [7, 11) is 0. The topological polar surface area (TPSA) is 85.4 Å². The van der Waals surface area contributed by atoms with Crippen LogP contribution in [0.2, 0.25) is 0 Å². The van der Waals surface area contributed by atoms with E-state index < -0.39 is 24.3 Å². The fourth-order valence-corrected chi connectivity index (χ4v) is 5.42. The van der Waals surface area contributed by atoms with Crippen LogP contribution >= 0.6 is 11.3 Å². The lowest BCUT2D eigenvalue weighted by molar-refractivity contribution is -0.153. The lowest BCUT2D eigenvalue weighted by Gasteiger charge is -2.18. The van der Waals surface area contributed by atoms with Gasteiger partial charge in [0.25, 0.3) is 0 Å². The van der Waals surface area contributed by atoms with Crippen molar-refractivity contribution >= 4 is 27.3 Å². The van der Waals surface area contributed by atoms with Crippen molar-refractivity contribution in [3.63, 3.8) is 0 Å². The number of aromatic nitrogens is 2. The van der Waals surface area contributed by atoms with E-state index in [0.717, 1.165) is 40.9 Å². The Hall–Kier alpha value is -3.61. The smallest absolute Gasteiger partial charge is 0.397 e. The van der Waals surface area contributed by atoms with Crippen LogP contribution in [0.25, 0.3) is 32.6 Å². The minimum Gasteiger partial charge on any atom is -0.490 e. The second kappa shape index (κ2) is 12.3. The average Bonchev–Trinajstić information content (AvgIpc) is 3.41. The van der Waals surface area contributed by atoms with Crippen LogP contribution in [0.1, 0.15) is 17.5 Å². The Labute approximate surface area is 231 Å². The summed E-state index contributed by atoms with van der Waals surface area (Å²) < 4.78 is 62.8. The molecule has 0 radical (unpaired) electrons. The van der Waals surface area contributed by atoms with Crippen molar-refractivity contribution in [2.45, 2.75) is 25.6 Å². The Morgan fingerprint density at radius 3 is 2.73 bits per heavy atom. The van der Waals surface area contributed by atoms with Gasteiger partial charge in [-0.2, -0.15) is 13.2 Å². The number of carbonyl (C=O) groups is 1. The van der Waals surface area contributed by atoms with Gasteiger partial charge in [0.2, 0.25) is 5.91 Å². The maximum Gasteiger partial charge on any atom is 0.397 e. The number of nitrogens with zero attached hydrogens (tertiary/aromatic N) is 2. The predicted octanol–water partition coefficient (Wildman–Crippen LogP) is 5.27. The molecule has 0 atom stereocenters. The van der Waals surface area contributed by atoms with Crippen LogP contribution in [0, 0.1) is 5.82 Å². The number of thiophene rings is 1. The van der Waals surface area contributed by atoms with E-state index in [1.807, 2.05) is 11.4 Å². The molecule has 0 saturated carbocycles. The number of carbonyl (C=O) groups excluding carboxylic acids is 1. The van der Waals surface area contributed by atoms with Crippen molar-refractivity contribution in [2.75, 3.05) is 32.9 Å². The molecule has 1 aliphatic heterocycles. The first kappa shape index (κ1) is 27.9. The number of hydrogen-bond donors (Lipinski definition) is 2. The fourth-order valence-electron chi connectivity index (χ4n) is 4.52. The molecule has 0 fully saturated rings. The highest BCUT2D eigenvalue weighted by molar-refractivity contribution is 7.17. The molecule has 0 saturated heterocycles. The Kier molecular flexibility index (Phi) is 8.57. The maximum absolute atomic E-state index is 14.1. The third-order valence-electron chi connectivity index (χ3n) is 6.37. The molecule has 2 N–H and O–H groups in total. The van der Waals surface area contributed by atoms with Crippen LogP contribution in [0.4, 0.5) is 17.6 Å². The first-order valence-corrected chi connectivity index (χ1v) is 13.6. The van der Waals surface area contributed by atoms with Crippen LogP contribution in [-0.4, -0.2) is 55.2 Å². The molecule has 40 heavy (non-hydrogen) atoms. The van der Waals surface area contributed by atoms with Gasteiger partial charge in [0.15, 0.2) is 0 Å². The van der Waals surface area contributed by atoms with Gasteiger partial charge >= 0.3 is 6.18 Å². The minimum atomic E-state index is -4.56. The summed E-state index contributed by atoms with van der Waals surface area (Å²) in [6, 6.07) is 12.5. The quantitative estimate of drug-likeness (QED) is 0.198. The monoisotopic (exact) mass is 574 g/mol. The van der Waals surface area contributed by atoms with Crippen LogP contribution in [0.15, 0.2) is 47.8 Å². The Balaban J connectivity index is 1.27. The van der Waals surface area contributed by atoms with Gasteiger partial charge in [-0.3, -0.25) is 4.79 Å². The van der Waals surface area contributed by atoms with E-state index in [1.54, 1.807) is 6.07 Å². The molecule has 4 aromatic rings. The average molecular weight is 575 g/mol. The molecule has 2 aromatic heterocycles. The molecular formula is C28H26F4N4O3S. The van der Waals surface area contributed by atoms with E-state index >= 15 is 0 Å². The molecule has 0 unspecified atom stereocenters. The molecule has 7 nitrogen and oxygen atoms in total. The van der Waals surface area contributed by atoms with Crippen LogP contribution in [0.3, 0.4) is 0 Å². The van der Waals surface area contributed by atoms with Crippen LogP contribution in [0.5, 0.6) is 5.75 Å². The zero-order valence-electron chi connectivity index (χ0n) is 21.3. The lowest BCUT2D eigenvalue weighted by atomic mass is 9.96. The number of nitrogens with one attached hydrogen (secondary N) is 2. The molecular weight excluding hydrogens is 548 g/mol. The summed E-state index contributed by atoms with van der Waals surface area (Å²) in [4.78, 5) is 11.2. The van der Waals surface area contributed by atoms with Crippen molar-refractivity contribution in [3.8, 4) is 28.3 Å². The van der Waals surface area contributed by atoms with E-state index in [9.17, 15) is 22.4 Å². The highest BCUT2D eigenvalue weighted by Crippen LogP contribution is 2.39. The number of fused-ring (bicyclic) bond motifs is 2. The van der Waals surface area contributed by atoms with Gasteiger partial charge in [-0.05, 0) is 53.7 Å². The summed E-state index contributed by atoms with van der Waals surface area (Å²) in [5, 5.41) is 17.5. The summed E-state index contributed by atoms with van der Waals surface area (Å²) in [6.45, 7) is 1.86. The molecule has 210 valence electrons. The summed E-state index contributed by atoms with van der Waals surface area (Å²) in [5.74, 6) is -1.34. The SMILES string of the molecule is O=C(CC(F)(F)F)NCCOCCOc1cc(F)ccc1-c1nnc(-c2ccc3c(c2)CCNC3)c2ccsc12. The third kappa shape index (κ3) is 6.75. The summed E-state index contributed by atoms with van der Waals surface area (Å²) in [5.41, 5.74) is 5.49. The number of rotatable bonds is 10. The molecule has 2 aromatic carbocycles. The maximum atomic E-state index is 14.1. The molecule has 0 spiro atoms. The van der Waals surface area contributed by atoms with Gasteiger partial charge in [0.1, 0.15) is 36.0 Å². The Morgan fingerprint density at radius 2 is 1.88 bits per heavy atom. The largest absolute Gasteiger partial charge is 0.490 e. The van der Waals surface area contributed by atoms with Crippen molar-refractivity contribution < 1.29 is 31.8 Å². The minimum absolute atomic E-state index is 0.00489. The standard InChI is InChI=1S/C28H26F4N4O3S/c29-20-3-4-21(23(14-20)39-11-10-38-9-8-34-24(37)15-28(30,31)32)26-27-22(6-12-40-27)25(35-36-26)18-1-2-19-16-33-7-5-17(19)13-18/h1-4,6,12-14,33H,5,7-11,15-16H2,(H,34,37). The van der Waals surface area contributed by atoms with Gasteiger partial charge < -0.3 is 20.1 Å². The van der Waals surface area contributed by atoms with Crippen molar-refractivity contribution in [3.05, 3.63) is 64.8 Å². The van der Waals surface area contributed by atoms with Gasteiger partial charge in [-0.25, -0.2) is 4.39 Å². The van der Waals surface area contributed by atoms with E-state index in [4.69, 9.17) is 9.47 Å². The van der Waals surface area contributed by atoms with Gasteiger partial charge in [0.05, 0.1) is 17.9 Å². The molecule has 12 heteroatoms. The van der Waals surface area contributed by atoms with Crippen LogP contribution in [-0.2, 0) is 22.5 Å². The van der Waals surface area contributed by atoms with E-state index in [2.05, 4.69) is 39.0 Å². The van der Waals surface area contributed by atoms with Crippen molar-refractivity contribution in [1.29, 1.82) is 0 Å². The van der Waals surface area contributed by atoms with Crippen molar-refractivity contribution in [1.82, 2.24) is 20.8 Å². The van der Waals surface area contributed by atoms with Gasteiger partial charge in [-0.15, -0.1) is 21.5 Å². The number of halogens is 4. The molecule has 5 rings (SSSR count). The number of hydrogen-bond acceptors (Lipinski definition) is 7. The molecule has 0 aliphatic carbocycles. The number of benzene rings is 2. The summed E-state index contributed by atoms with van der Waals surface area (Å²) in [6.07, 6.45) is -5.14. The highest BCUT2D eigenvalue weighted by atomic mass is 32.1. The Morgan fingerprint density at radius 1 is 1.02 bits per heavy atom. The number of amides is 1. The predicted molar refractivity (Wildman–Crippen MR) is 144 cm³/mol. The molecule has 1 aliphatic rings. The second-order valence-electron chi connectivity index (χ2n) is 9.21. The first-order chi connectivity index (χ1) is 19.3. The van der Waals surface area contributed by atoms with E-state index in [1.165, 1.54) is 34.6 Å². The molecule has 1 amide bonds. The first-order valence-electron chi connectivity index (χ1n) is 12.7. The molecule has 0 bridgehead atoms. The number of alkyl halides is 3. The Bertz CT molecular complexity index is 1510. The van der Waals surface area contributed by atoms with Crippen LogP contribution < -0.4 is 15.4 Å². The van der Waals surface area contributed by atoms with Gasteiger partial charge in [-0.1, -0.05) is 12.1 Å². The van der Waals surface area contributed by atoms with E-state index in [-0.39, 0.29) is 32.1 Å². The van der Waals surface area contributed by atoms with Gasteiger partial charge in [0, 0.05) is 35.7 Å². The fraction of sp³-hybridized carbons (Fsp3) is 0.321. The zero-order chi connectivity index (χ0) is 28.1. The zero-order valence-corrected chi connectivity index (χ0v) is 22.1. The number of ether oxygens (including phenoxy) is 2. The second-order valence-corrected chi connectivity index (χ2v) is 10.1. The van der Waals surface area contributed by atoms with Crippen molar-refractivity contribution in [2.24, 2.45) is 0 Å². The summed E-state index contributed by atoms with van der Waals surface area (Å²) >= 11 is 1.51. The third-order valence-corrected chi connectivity index (χ3v) is 7.29. The molecule has 3 heterocycles. The van der Waals surface area contributed by atoms with E-state index in [0.29, 0.717) is 11.3 Å². The highest BCUT2D eigenvalue weighted by Gasteiger charge is 2.30.